The van der Waals surface area contributed by atoms with Crippen molar-refractivity contribution >= 4 is 33.1 Å². The number of nitrogens with zero attached hydrogens (tertiary/aromatic N) is 2. The Balaban J connectivity index is 1.73. The normalized spacial score (nSPS) is 17.5. The third kappa shape index (κ3) is 5.14. The van der Waals surface area contributed by atoms with E-state index in [2.05, 4.69) is 0 Å². The first kappa shape index (κ1) is 20.9. The van der Waals surface area contributed by atoms with Crippen molar-refractivity contribution in [3.05, 3.63) is 60.2 Å². The SMILES string of the molecule is CN(C)c1cccc(C(=O)OCC(=O)N(c2ccccc2)[C@H]2CCS(=O)(=O)C2)c1. The Bertz CT molecular complexity index is 989. The molecule has 0 spiro atoms. The van der Waals surface area contributed by atoms with Crippen molar-refractivity contribution in [2.75, 3.05) is 42.0 Å². The largest absolute Gasteiger partial charge is 0.452 e. The summed E-state index contributed by atoms with van der Waals surface area (Å²) in [6, 6.07) is 15.3. The predicted octanol–water partition coefficient (Wildman–Crippen LogP) is 2.13. The molecule has 0 unspecified atom stereocenters. The molecule has 0 aliphatic carbocycles. The lowest BCUT2D eigenvalue weighted by molar-refractivity contribution is -0.122. The molecule has 1 aliphatic heterocycles. The van der Waals surface area contributed by atoms with Gasteiger partial charge in [0.05, 0.1) is 23.1 Å². The van der Waals surface area contributed by atoms with Crippen LogP contribution in [-0.2, 0) is 19.4 Å². The molecule has 7 nitrogen and oxygen atoms in total. The molecular formula is C21H24N2O5S. The number of rotatable bonds is 6. The van der Waals surface area contributed by atoms with Gasteiger partial charge in [0.15, 0.2) is 16.4 Å². The maximum absolute atomic E-state index is 12.9. The van der Waals surface area contributed by atoms with Crippen LogP contribution >= 0.6 is 0 Å². The summed E-state index contributed by atoms with van der Waals surface area (Å²) < 4.78 is 29.1. The number of anilines is 2. The van der Waals surface area contributed by atoms with Crippen LogP contribution in [0.2, 0.25) is 0 Å². The van der Waals surface area contributed by atoms with E-state index >= 15 is 0 Å². The molecule has 1 fully saturated rings. The fourth-order valence-electron chi connectivity index (χ4n) is 3.32. The summed E-state index contributed by atoms with van der Waals surface area (Å²) in [6.45, 7) is -0.462. The van der Waals surface area contributed by atoms with E-state index in [0.717, 1.165) is 5.69 Å². The lowest BCUT2D eigenvalue weighted by Gasteiger charge is -2.28. The van der Waals surface area contributed by atoms with Crippen LogP contribution in [-0.4, -0.2) is 58.5 Å². The van der Waals surface area contributed by atoms with Gasteiger partial charge in [-0.05, 0) is 36.8 Å². The Morgan fingerprint density at radius 3 is 2.34 bits per heavy atom. The number of esters is 1. The molecule has 0 saturated carbocycles. The number of benzene rings is 2. The van der Waals surface area contributed by atoms with E-state index in [0.29, 0.717) is 17.7 Å². The van der Waals surface area contributed by atoms with Crippen LogP contribution in [0.3, 0.4) is 0 Å². The Hall–Kier alpha value is -2.87. The summed E-state index contributed by atoms with van der Waals surface area (Å²) in [7, 11) is 0.549. The molecule has 1 heterocycles. The smallest absolute Gasteiger partial charge is 0.338 e. The summed E-state index contributed by atoms with van der Waals surface area (Å²) >= 11 is 0. The maximum Gasteiger partial charge on any atom is 0.338 e. The van der Waals surface area contributed by atoms with E-state index in [-0.39, 0.29) is 11.5 Å². The predicted molar refractivity (Wildman–Crippen MR) is 112 cm³/mol. The molecule has 154 valence electrons. The second-order valence-corrected chi connectivity index (χ2v) is 9.41. The molecule has 2 aromatic carbocycles. The zero-order chi connectivity index (χ0) is 21.0. The second kappa shape index (κ2) is 8.65. The number of hydrogen-bond donors (Lipinski definition) is 0. The minimum Gasteiger partial charge on any atom is -0.452 e. The molecule has 0 radical (unpaired) electrons. The summed E-state index contributed by atoms with van der Waals surface area (Å²) in [5.41, 5.74) is 1.77. The molecule has 3 rings (SSSR count). The van der Waals surface area contributed by atoms with Gasteiger partial charge in [0.1, 0.15) is 0 Å². The van der Waals surface area contributed by atoms with Gasteiger partial charge >= 0.3 is 5.97 Å². The summed E-state index contributed by atoms with van der Waals surface area (Å²) in [5.74, 6) is -1.10. The molecule has 1 amide bonds. The maximum atomic E-state index is 12.9. The molecule has 2 aromatic rings. The van der Waals surface area contributed by atoms with Gasteiger partial charge < -0.3 is 14.5 Å². The molecule has 1 atom stereocenters. The average molecular weight is 416 g/mol. The first-order valence-corrected chi connectivity index (χ1v) is 11.1. The van der Waals surface area contributed by atoms with Crippen LogP contribution < -0.4 is 9.80 Å². The Kier molecular flexibility index (Phi) is 6.22. The van der Waals surface area contributed by atoms with Crippen molar-refractivity contribution in [2.45, 2.75) is 12.5 Å². The van der Waals surface area contributed by atoms with E-state index in [9.17, 15) is 18.0 Å². The van der Waals surface area contributed by atoms with Crippen LogP contribution in [0.15, 0.2) is 54.6 Å². The number of carbonyl (C=O) groups excluding carboxylic acids is 2. The van der Waals surface area contributed by atoms with Crippen LogP contribution in [0.5, 0.6) is 0 Å². The quantitative estimate of drug-likeness (QED) is 0.671. The van der Waals surface area contributed by atoms with Crippen molar-refractivity contribution in [3.63, 3.8) is 0 Å². The van der Waals surface area contributed by atoms with Crippen molar-refractivity contribution in [1.29, 1.82) is 0 Å². The van der Waals surface area contributed by atoms with Gasteiger partial charge in [-0.1, -0.05) is 24.3 Å². The van der Waals surface area contributed by atoms with Crippen LogP contribution in [0.4, 0.5) is 11.4 Å². The first-order valence-electron chi connectivity index (χ1n) is 9.29. The molecule has 1 aliphatic rings. The van der Waals surface area contributed by atoms with Crippen molar-refractivity contribution in [1.82, 2.24) is 0 Å². The molecule has 29 heavy (non-hydrogen) atoms. The third-order valence-corrected chi connectivity index (χ3v) is 6.55. The Morgan fingerprint density at radius 1 is 1.03 bits per heavy atom. The van der Waals surface area contributed by atoms with E-state index in [1.807, 2.05) is 31.1 Å². The minimum atomic E-state index is -3.18. The van der Waals surface area contributed by atoms with E-state index in [1.165, 1.54) is 4.90 Å². The van der Waals surface area contributed by atoms with E-state index in [1.54, 1.807) is 42.5 Å². The topological polar surface area (TPSA) is 84.0 Å². The molecule has 0 N–H and O–H groups in total. The minimum absolute atomic E-state index is 0.0470. The van der Waals surface area contributed by atoms with Crippen LogP contribution in [0.25, 0.3) is 0 Å². The number of ether oxygens (including phenoxy) is 1. The number of hydrogen-bond acceptors (Lipinski definition) is 6. The van der Waals surface area contributed by atoms with Crippen LogP contribution in [0.1, 0.15) is 16.8 Å². The van der Waals surface area contributed by atoms with Gasteiger partial charge in [0, 0.05) is 25.5 Å². The fraction of sp³-hybridized carbons (Fsp3) is 0.333. The number of para-hydroxylation sites is 1. The van der Waals surface area contributed by atoms with Gasteiger partial charge in [-0.15, -0.1) is 0 Å². The van der Waals surface area contributed by atoms with Crippen LogP contribution in [0, 0.1) is 0 Å². The summed E-state index contributed by atoms with van der Waals surface area (Å²) in [5, 5.41) is 0. The Labute approximate surface area is 170 Å². The molecule has 0 bridgehead atoms. The van der Waals surface area contributed by atoms with Gasteiger partial charge in [-0.2, -0.15) is 0 Å². The highest BCUT2D eigenvalue weighted by atomic mass is 32.2. The summed E-state index contributed by atoms with van der Waals surface area (Å²) in [6.07, 6.45) is 0.363. The highest BCUT2D eigenvalue weighted by molar-refractivity contribution is 7.91. The highest BCUT2D eigenvalue weighted by Crippen LogP contribution is 2.25. The number of carbonyl (C=O) groups is 2. The fourth-order valence-corrected chi connectivity index (χ4v) is 5.02. The monoisotopic (exact) mass is 416 g/mol. The van der Waals surface area contributed by atoms with E-state index < -0.39 is 34.4 Å². The van der Waals surface area contributed by atoms with Gasteiger partial charge in [-0.3, -0.25) is 4.79 Å². The number of sulfone groups is 1. The third-order valence-electron chi connectivity index (χ3n) is 4.80. The zero-order valence-corrected chi connectivity index (χ0v) is 17.3. The van der Waals surface area contributed by atoms with Gasteiger partial charge in [0.2, 0.25) is 0 Å². The zero-order valence-electron chi connectivity index (χ0n) is 16.4. The number of amides is 1. The first-order chi connectivity index (χ1) is 13.8. The molecular weight excluding hydrogens is 392 g/mol. The standard InChI is InChI=1S/C21H24N2O5S/c1-22(2)18-10-6-7-16(13-18)21(25)28-14-20(24)23(17-8-4-3-5-9-17)19-11-12-29(26,27)15-19/h3-10,13,19H,11-12,14-15H2,1-2H3/t19-/m0/s1. The second-order valence-electron chi connectivity index (χ2n) is 7.18. The lowest BCUT2D eigenvalue weighted by atomic mass is 10.1. The van der Waals surface area contributed by atoms with Crippen molar-refractivity contribution in [2.24, 2.45) is 0 Å². The average Bonchev–Trinajstić information content (AvgIpc) is 3.06. The summed E-state index contributed by atoms with van der Waals surface area (Å²) in [4.78, 5) is 28.6. The van der Waals surface area contributed by atoms with Gasteiger partial charge in [0.25, 0.3) is 5.91 Å². The van der Waals surface area contributed by atoms with E-state index in [4.69, 9.17) is 4.74 Å². The Morgan fingerprint density at radius 2 is 1.72 bits per heavy atom. The van der Waals surface area contributed by atoms with Crippen molar-refractivity contribution in [3.8, 4) is 0 Å². The van der Waals surface area contributed by atoms with Crippen molar-refractivity contribution < 1.29 is 22.7 Å². The van der Waals surface area contributed by atoms with Gasteiger partial charge in [-0.25, -0.2) is 13.2 Å². The highest BCUT2D eigenvalue weighted by Gasteiger charge is 2.35. The molecule has 0 aromatic heterocycles. The molecule has 1 saturated heterocycles. The lowest BCUT2D eigenvalue weighted by Crippen LogP contribution is -2.43. The molecule has 8 heteroatoms.